The zero-order valence-electron chi connectivity index (χ0n) is 12.1. The highest BCUT2D eigenvalue weighted by atomic mass is 16.5. The first-order chi connectivity index (χ1) is 10.0. The van der Waals surface area contributed by atoms with Crippen LogP contribution in [0.3, 0.4) is 0 Å². The van der Waals surface area contributed by atoms with E-state index in [0.29, 0.717) is 24.3 Å². The Morgan fingerprint density at radius 1 is 1.43 bits per heavy atom. The molecule has 2 rings (SSSR count). The van der Waals surface area contributed by atoms with E-state index in [2.05, 4.69) is 10.1 Å². The van der Waals surface area contributed by atoms with Crippen LogP contribution in [-0.4, -0.2) is 42.9 Å². The minimum Gasteiger partial charge on any atom is -0.465 e. The van der Waals surface area contributed by atoms with E-state index in [1.807, 2.05) is 6.92 Å². The second kappa shape index (κ2) is 6.39. The fourth-order valence-electron chi connectivity index (χ4n) is 2.34. The second-order valence-corrected chi connectivity index (χ2v) is 4.90. The maximum atomic E-state index is 12.2. The summed E-state index contributed by atoms with van der Waals surface area (Å²) in [4.78, 5) is 36.9. The smallest absolute Gasteiger partial charge is 0.337 e. The van der Waals surface area contributed by atoms with Crippen molar-refractivity contribution < 1.29 is 19.1 Å². The molecule has 0 spiro atoms. The number of ether oxygens (including phenoxy) is 1. The van der Waals surface area contributed by atoms with Crippen molar-refractivity contribution in [1.29, 1.82) is 0 Å². The van der Waals surface area contributed by atoms with Crippen LogP contribution in [0.1, 0.15) is 23.7 Å². The zero-order valence-corrected chi connectivity index (χ0v) is 12.1. The van der Waals surface area contributed by atoms with E-state index < -0.39 is 5.97 Å². The normalized spacial score (nSPS) is 17.7. The van der Waals surface area contributed by atoms with Gasteiger partial charge in [-0.15, -0.1) is 0 Å². The van der Waals surface area contributed by atoms with E-state index >= 15 is 0 Å². The lowest BCUT2D eigenvalue weighted by Crippen LogP contribution is -2.28. The second-order valence-electron chi connectivity index (χ2n) is 4.90. The number of hydrogen-bond acceptors (Lipinski definition) is 4. The minimum absolute atomic E-state index is 0.000890. The van der Waals surface area contributed by atoms with Gasteiger partial charge in [-0.05, 0) is 25.1 Å². The molecule has 0 aromatic heterocycles. The van der Waals surface area contributed by atoms with E-state index in [-0.39, 0.29) is 24.2 Å². The number of likely N-dealkylation sites (tertiary alicyclic amines) is 1. The predicted molar refractivity (Wildman–Crippen MR) is 76.8 cm³/mol. The Balaban J connectivity index is 2.03. The van der Waals surface area contributed by atoms with Gasteiger partial charge in [-0.2, -0.15) is 0 Å². The van der Waals surface area contributed by atoms with Gasteiger partial charge in [-0.25, -0.2) is 4.79 Å². The molecule has 112 valence electrons. The molecular formula is C15H18N2O4. The van der Waals surface area contributed by atoms with Crippen LogP contribution in [0.25, 0.3) is 0 Å². The van der Waals surface area contributed by atoms with Gasteiger partial charge in [0.25, 0.3) is 0 Å². The molecule has 1 saturated heterocycles. The number of hydrogen-bond donors (Lipinski definition) is 1. The highest BCUT2D eigenvalue weighted by molar-refractivity contribution is 5.98. The van der Waals surface area contributed by atoms with Crippen LogP contribution in [0.5, 0.6) is 0 Å². The standard InChI is InChI=1S/C15H18N2O4/c1-3-17-9-11(8-13(17)18)14(19)16-12-6-4-5-10(7-12)15(20)21-2/h4-7,11H,3,8-9H2,1-2H3,(H,16,19). The molecule has 0 aliphatic carbocycles. The molecule has 1 aromatic rings. The summed E-state index contributed by atoms with van der Waals surface area (Å²) in [7, 11) is 1.30. The van der Waals surface area contributed by atoms with E-state index in [4.69, 9.17) is 0 Å². The number of esters is 1. The molecule has 0 saturated carbocycles. The average molecular weight is 290 g/mol. The van der Waals surface area contributed by atoms with Crippen LogP contribution in [0.2, 0.25) is 0 Å². The lowest BCUT2D eigenvalue weighted by molar-refractivity contribution is -0.128. The Kier molecular flexibility index (Phi) is 4.57. The molecular weight excluding hydrogens is 272 g/mol. The molecule has 1 aromatic carbocycles. The first-order valence-corrected chi connectivity index (χ1v) is 6.82. The number of anilines is 1. The average Bonchev–Trinajstić information content (AvgIpc) is 2.88. The van der Waals surface area contributed by atoms with E-state index in [0.717, 1.165) is 0 Å². The summed E-state index contributed by atoms with van der Waals surface area (Å²) in [5.74, 6) is -1.01. The number of amides is 2. The number of methoxy groups -OCH3 is 1. The molecule has 21 heavy (non-hydrogen) atoms. The van der Waals surface area contributed by atoms with E-state index in [9.17, 15) is 14.4 Å². The third kappa shape index (κ3) is 3.39. The molecule has 1 heterocycles. The van der Waals surface area contributed by atoms with Gasteiger partial charge in [0.1, 0.15) is 0 Å². The molecule has 1 unspecified atom stereocenters. The lowest BCUT2D eigenvalue weighted by atomic mass is 10.1. The van der Waals surface area contributed by atoms with Crippen LogP contribution in [0.4, 0.5) is 5.69 Å². The molecule has 0 radical (unpaired) electrons. The minimum atomic E-state index is -0.459. The van der Waals surface area contributed by atoms with Crippen molar-refractivity contribution in [3.05, 3.63) is 29.8 Å². The predicted octanol–water partition coefficient (Wildman–Crippen LogP) is 1.28. The quantitative estimate of drug-likeness (QED) is 0.848. The molecule has 1 N–H and O–H groups in total. The molecule has 1 aliphatic heterocycles. The van der Waals surface area contributed by atoms with Crippen molar-refractivity contribution >= 4 is 23.5 Å². The molecule has 1 fully saturated rings. The highest BCUT2D eigenvalue weighted by Gasteiger charge is 2.33. The van der Waals surface area contributed by atoms with Crippen molar-refractivity contribution in [2.45, 2.75) is 13.3 Å². The maximum absolute atomic E-state index is 12.2. The number of carbonyl (C=O) groups is 3. The lowest BCUT2D eigenvalue weighted by Gasteiger charge is -2.13. The summed E-state index contributed by atoms with van der Waals surface area (Å²) in [5.41, 5.74) is 0.887. The molecule has 6 heteroatoms. The summed E-state index contributed by atoms with van der Waals surface area (Å²) in [6.45, 7) is 2.94. The van der Waals surface area contributed by atoms with Crippen LogP contribution < -0.4 is 5.32 Å². The Hall–Kier alpha value is -2.37. The Bertz CT molecular complexity index is 571. The van der Waals surface area contributed by atoms with Gasteiger partial charge in [-0.3, -0.25) is 9.59 Å². The van der Waals surface area contributed by atoms with Crippen LogP contribution in [0, 0.1) is 5.92 Å². The monoisotopic (exact) mass is 290 g/mol. The van der Waals surface area contributed by atoms with E-state index in [1.54, 1.807) is 29.2 Å². The SMILES string of the molecule is CCN1CC(C(=O)Nc2cccc(C(=O)OC)c2)CC1=O. The van der Waals surface area contributed by atoms with Gasteiger partial charge in [0.05, 0.1) is 18.6 Å². The van der Waals surface area contributed by atoms with Crippen LogP contribution in [0.15, 0.2) is 24.3 Å². The van der Waals surface area contributed by atoms with Crippen LogP contribution in [-0.2, 0) is 14.3 Å². The number of nitrogens with zero attached hydrogens (tertiary/aromatic N) is 1. The summed E-state index contributed by atoms with van der Waals surface area (Å²) >= 11 is 0. The maximum Gasteiger partial charge on any atom is 0.337 e. The van der Waals surface area contributed by atoms with Gasteiger partial charge >= 0.3 is 5.97 Å². The van der Waals surface area contributed by atoms with Crippen LogP contribution >= 0.6 is 0 Å². The number of benzene rings is 1. The van der Waals surface area contributed by atoms with Crippen molar-refractivity contribution in [2.24, 2.45) is 5.92 Å². The van der Waals surface area contributed by atoms with Crippen molar-refractivity contribution in [2.75, 3.05) is 25.5 Å². The Labute approximate surface area is 123 Å². The number of carbonyl (C=O) groups excluding carboxylic acids is 3. The summed E-state index contributed by atoms with van der Waals surface area (Å²) in [6.07, 6.45) is 0.233. The van der Waals surface area contributed by atoms with E-state index in [1.165, 1.54) is 7.11 Å². The van der Waals surface area contributed by atoms with Gasteiger partial charge in [0, 0.05) is 25.2 Å². The van der Waals surface area contributed by atoms with Crippen molar-refractivity contribution in [1.82, 2.24) is 4.90 Å². The summed E-state index contributed by atoms with van der Waals surface area (Å²) in [5, 5.41) is 2.74. The summed E-state index contributed by atoms with van der Waals surface area (Å²) < 4.78 is 4.64. The van der Waals surface area contributed by atoms with Gasteiger partial charge in [-0.1, -0.05) is 6.07 Å². The first kappa shape index (κ1) is 15.0. The Morgan fingerprint density at radius 3 is 2.81 bits per heavy atom. The summed E-state index contributed by atoms with van der Waals surface area (Å²) in [6, 6.07) is 6.52. The molecule has 1 atom stereocenters. The van der Waals surface area contributed by atoms with Crippen molar-refractivity contribution in [3.63, 3.8) is 0 Å². The third-order valence-electron chi connectivity index (χ3n) is 3.52. The Morgan fingerprint density at radius 2 is 2.19 bits per heavy atom. The van der Waals surface area contributed by atoms with Gasteiger partial charge in [0.15, 0.2) is 0 Å². The molecule has 6 nitrogen and oxygen atoms in total. The van der Waals surface area contributed by atoms with Gasteiger partial charge in [0.2, 0.25) is 11.8 Å². The third-order valence-corrected chi connectivity index (χ3v) is 3.52. The molecule has 1 aliphatic rings. The zero-order chi connectivity index (χ0) is 15.4. The topological polar surface area (TPSA) is 75.7 Å². The number of rotatable bonds is 4. The highest BCUT2D eigenvalue weighted by Crippen LogP contribution is 2.20. The fraction of sp³-hybridized carbons (Fsp3) is 0.400. The first-order valence-electron chi connectivity index (χ1n) is 6.82. The van der Waals surface area contributed by atoms with Crippen molar-refractivity contribution in [3.8, 4) is 0 Å². The molecule has 2 amide bonds. The van der Waals surface area contributed by atoms with Gasteiger partial charge < -0.3 is 15.0 Å². The largest absolute Gasteiger partial charge is 0.465 e. The number of nitrogens with one attached hydrogen (secondary N) is 1. The fourth-order valence-corrected chi connectivity index (χ4v) is 2.34. The molecule has 0 bridgehead atoms.